The van der Waals surface area contributed by atoms with Gasteiger partial charge in [-0.05, 0) is 48.9 Å². The van der Waals surface area contributed by atoms with Crippen molar-refractivity contribution in [2.24, 2.45) is 0 Å². The van der Waals surface area contributed by atoms with Gasteiger partial charge in [-0.25, -0.2) is 13.8 Å². The summed E-state index contributed by atoms with van der Waals surface area (Å²) in [6.07, 6.45) is 4.52. The van der Waals surface area contributed by atoms with Crippen LogP contribution in [0.3, 0.4) is 0 Å². The van der Waals surface area contributed by atoms with Crippen molar-refractivity contribution in [3.05, 3.63) is 82.7 Å². The number of aryl methyl sites for hydroxylation is 1. The average Bonchev–Trinajstić information content (AvgIpc) is 2.81. The Labute approximate surface area is 182 Å². The van der Waals surface area contributed by atoms with Crippen LogP contribution in [0.25, 0.3) is 16.6 Å². The van der Waals surface area contributed by atoms with Crippen LogP contribution in [0.2, 0.25) is 0 Å². The van der Waals surface area contributed by atoms with Gasteiger partial charge >= 0.3 is 0 Å². The van der Waals surface area contributed by atoms with E-state index in [4.69, 9.17) is 4.74 Å². The molecule has 0 bridgehead atoms. The Morgan fingerprint density at radius 1 is 1.19 bits per heavy atom. The molecule has 2 aromatic heterocycles. The normalized spacial score (nSPS) is 11.0. The van der Waals surface area contributed by atoms with Crippen LogP contribution in [0.5, 0.6) is 5.75 Å². The number of rotatable bonds is 6. The second-order valence-corrected chi connectivity index (χ2v) is 7.08. The molecule has 164 valence electrons. The molecule has 0 saturated carbocycles. The largest absolute Gasteiger partial charge is 0.494 e. The number of hydrogen-bond donors (Lipinski definition) is 1. The number of aliphatic hydroxyl groups excluding tert-OH is 1. The number of ether oxygens (including phenoxy) is 1. The van der Waals surface area contributed by atoms with Crippen molar-refractivity contribution in [3.63, 3.8) is 0 Å². The highest BCUT2D eigenvalue weighted by molar-refractivity contribution is 5.83. The minimum Gasteiger partial charge on any atom is -0.494 e. The third-order valence-electron chi connectivity index (χ3n) is 5.12. The molecule has 0 fully saturated rings. The highest BCUT2D eigenvalue weighted by Crippen LogP contribution is 2.37. The Kier molecular flexibility index (Phi) is 5.83. The van der Waals surface area contributed by atoms with Crippen molar-refractivity contribution >= 4 is 22.3 Å². The van der Waals surface area contributed by atoms with Crippen LogP contribution >= 0.6 is 0 Å². The van der Waals surface area contributed by atoms with E-state index in [1.165, 1.54) is 48.2 Å². The van der Waals surface area contributed by atoms with Gasteiger partial charge in [-0.1, -0.05) is 0 Å². The minimum atomic E-state index is -0.900. The maximum Gasteiger partial charge on any atom is 0.265 e. The first kappa shape index (κ1) is 21.4. The molecule has 0 aliphatic heterocycles. The summed E-state index contributed by atoms with van der Waals surface area (Å²) in [7, 11) is 1.29. The molecule has 0 amide bonds. The van der Waals surface area contributed by atoms with E-state index >= 15 is 8.78 Å². The summed E-state index contributed by atoms with van der Waals surface area (Å²) in [4.78, 5) is 22.8. The predicted molar refractivity (Wildman–Crippen MR) is 117 cm³/mol. The Balaban J connectivity index is 1.92. The SMILES string of the molecule is COc1cc(C)c(F)c(N(CCO)c2ccc3ncn(-c4cccnc4)c(=O)c3c2)c1F. The van der Waals surface area contributed by atoms with E-state index < -0.39 is 11.6 Å². The lowest BCUT2D eigenvalue weighted by atomic mass is 10.1. The zero-order chi connectivity index (χ0) is 22.8. The van der Waals surface area contributed by atoms with Crippen LogP contribution in [0, 0.1) is 18.6 Å². The standard InChI is InChI=1S/C23H20F2N4O3/c1-14-10-19(32-2)21(25)22(20(14)24)28(8-9-30)15-5-6-18-17(11-15)23(31)29(13-27-18)16-4-3-7-26-12-16/h3-7,10-13,30H,8-9H2,1-2H3. The van der Waals surface area contributed by atoms with Crippen LogP contribution < -0.4 is 15.2 Å². The number of halogens is 2. The molecule has 1 N–H and O–H groups in total. The van der Waals surface area contributed by atoms with Gasteiger partial charge in [-0.3, -0.25) is 14.3 Å². The molecule has 2 heterocycles. The highest BCUT2D eigenvalue weighted by Gasteiger charge is 2.24. The maximum atomic E-state index is 15.1. The van der Waals surface area contributed by atoms with E-state index in [0.717, 1.165) is 0 Å². The summed E-state index contributed by atoms with van der Waals surface area (Å²) >= 11 is 0. The van der Waals surface area contributed by atoms with Crippen molar-refractivity contribution in [1.82, 2.24) is 14.5 Å². The molecule has 9 heteroatoms. The summed E-state index contributed by atoms with van der Waals surface area (Å²) in [6, 6.07) is 9.36. The van der Waals surface area contributed by atoms with Crippen molar-refractivity contribution in [1.29, 1.82) is 0 Å². The molecule has 4 rings (SSSR count). The number of pyridine rings is 1. The van der Waals surface area contributed by atoms with Gasteiger partial charge in [-0.2, -0.15) is 0 Å². The van der Waals surface area contributed by atoms with E-state index in [2.05, 4.69) is 9.97 Å². The van der Waals surface area contributed by atoms with E-state index in [1.54, 1.807) is 30.5 Å². The van der Waals surface area contributed by atoms with Gasteiger partial charge in [-0.15, -0.1) is 0 Å². The Hall–Kier alpha value is -3.85. The third-order valence-corrected chi connectivity index (χ3v) is 5.12. The van der Waals surface area contributed by atoms with Gasteiger partial charge < -0.3 is 14.7 Å². The van der Waals surface area contributed by atoms with Gasteiger partial charge in [0.25, 0.3) is 5.56 Å². The number of aliphatic hydroxyl groups is 1. The van der Waals surface area contributed by atoms with Crippen LogP contribution in [-0.2, 0) is 0 Å². The van der Waals surface area contributed by atoms with Crippen molar-refractivity contribution in [2.45, 2.75) is 6.92 Å². The summed E-state index contributed by atoms with van der Waals surface area (Å²) in [6.45, 7) is 1.01. The second-order valence-electron chi connectivity index (χ2n) is 7.08. The lowest BCUT2D eigenvalue weighted by molar-refractivity contribution is 0.304. The smallest absolute Gasteiger partial charge is 0.265 e. The van der Waals surface area contributed by atoms with Crippen LogP contribution in [-0.4, -0.2) is 39.9 Å². The number of nitrogens with zero attached hydrogens (tertiary/aromatic N) is 4. The zero-order valence-corrected chi connectivity index (χ0v) is 17.4. The van der Waals surface area contributed by atoms with Gasteiger partial charge in [0.05, 0.1) is 36.5 Å². The number of hydrogen-bond acceptors (Lipinski definition) is 6. The minimum absolute atomic E-state index is 0.108. The fraction of sp³-hybridized carbons (Fsp3) is 0.174. The lowest BCUT2D eigenvalue weighted by Gasteiger charge is -2.26. The molecule has 0 aliphatic rings. The first-order valence-electron chi connectivity index (χ1n) is 9.79. The van der Waals surface area contributed by atoms with Crippen LogP contribution in [0.4, 0.5) is 20.2 Å². The van der Waals surface area contributed by atoms with E-state index in [9.17, 15) is 9.90 Å². The third kappa shape index (κ3) is 3.67. The van der Waals surface area contributed by atoms with Crippen molar-refractivity contribution in [2.75, 3.05) is 25.2 Å². The molecule has 0 unspecified atom stereocenters. The number of benzene rings is 2. The van der Waals surface area contributed by atoms with Gasteiger partial charge in [0.15, 0.2) is 17.4 Å². The van der Waals surface area contributed by atoms with Crippen molar-refractivity contribution < 1.29 is 18.6 Å². The van der Waals surface area contributed by atoms with E-state index in [-0.39, 0.29) is 41.1 Å². The molecule has 0 spiro atoms. The maximum absolute atomic E-state index is 15.1. The molecule has 2 aromatic carbocycles. The first-order valence-corrected chi connectivity index (χ1v) is 9.79. The molecular weight excluding hydrogens is 418 g/mol. The molecule has 0 saturated heterocycles. The van der Waals surface area contributed by atoms with Crippen LogP contribution in [0.1, 0.15) is 5.56 Å². The molecule has 32 heavy (non-hydrogen) atoms. The first-order chi connectivity index (χ1) is 15.5. The lowest BCUT2D eigenvalue weighted by Crippen LogP contribution is -2.25. The number of fused-ring (bicyclic) bond motifs is 1. The highest BCUT2D eigenvalue weighted by atomic mass is 19.1. The van der Waals surface area contributed by atoms with E-state index in [0.29, 0.717) is 16.9 Å². The summed E-state index contributed by atoms with van der Waals surface area (Å²) in [5.74, 6) is -1.80. The number of methoxy groups -OCH3 is 1. The predicted octanol–water partition coefficient (Wildman–Crippen LogP) is 3.51. The second kappa shape index (κ2) is 8.72. The number of aromatic nitrogens is 3. The van der Waals surface area contributed by atoms with E-state index in [1.807, 2.05) is 0 Å². The average molecular weight is 438 g/mol. The summed E-state index contributed by atoms with van der Waals surface area (Å²) in [5, 5.41) is 9.84. The molecular formula is C23H20F2N4O3. The number of anilines is 2. The van der Waals surface area contributed by atoms with Crippen LogP contribution in [0.15, 0.2) is 59.9 Å². The zero-order valence-electron chi connectivity index (χ0n) is 17.4. The Bertz CT molecular complexity index is 1340. The quantitative estimate of drug-likeness (QED) is 0.496. The van der Waals surface area contributed by atoms with Gasteiger partial charge in [0, 0.05) is 18.4 Å². The van der Waals surface area contributed by atoms with Crippen molar-refractivity contribution in [3.8, 4) is 11.4 Å². The topological polar surface area (TPSA) is 80.5 Å². The summed E-state index contributed by atoms with van der Waals surface area (Å²) in [5.41, 5.74) is 0.723. The molecule has 0 radical (unpaired) electrons. The Morgan fingerprint density at radius 2 is 2.00 bits per heavy atom. The molecule has 0 atom stereocenters. The Morgan fingerprint density at radius 3 is 2.69 bits per heavy atom. The molecule has 7 nitrogen and oxygen atoms in total. The molecule has 4 aromatic rings. The van der Waals surface area contributed by atoms with Gasteiger partial charge in [0.2, 0.25) is 0 Å². The van der Waals surface area contributed by atoms with Gasteiger partial charge in [0.1, 0.15) is 12.0 Å². The fourth-order valence-electron chi connectivity index (χ4n) is 3.54. The molecule has 0 aliphatic carbocycles. The summed E-state index contributed by atoms with van der Waals surface area (Å²) < 4.78 is 36.5. The fourth-order valence-corrected chi connectivity index (χ4v) is 3.54. The monoisotopic (exact) mass is 438 g/mol.